The molecule has 1 aliphatic carbocycles. The van der Waals surface area contributed by atoms with Gasteiger partial charge in [0.1, 0.15) is 11.9 Å². The maximum atomic E-state index is 15.2. The molecule has 1 aromatic carbocycles. The molecule has 0 bridgehead atoms. The van der Waals surface area contributed by atoms with Crippen LogP contribution in [0.1, 0.15) is 37.7 Å². The van der Waals surface area contributed by atoms with Crippen LogP contribution in [0.4, 0.5) is 4.39 Å². The highest BCUT2D eigenvalue weighted by atomic mass is 32.2. The molecule has 0 fully saturated rings. The van der Waals surface area contributed by atoms with E-state index in [1.165, 1.54) is 18.5 Å². The molecule has 4 atom stereocenters. The molecule has 10 heteroatoms. The summed E-state index contributed by atoms with van der Waals surface area (Å²) in [5.74, 6) is -2.02. The van der Waals surface area contributed by atoms with Gasteiger partial charge in [-0.3, -0.25) is 10.0 Å². The average molecular weight is 467 g/mol. The van der Waals surface area contributed by atoms with Crippen molar-refractivity contribution in [2.45, 2.75) is 43.0 Å². The second-order valence-electron chi connectivity index (χ2n) is 8.41. The van der Waals surface area contributed by atoms with Crippen LogP contribution in [0.15, 0.2) is 59.5 Å². The van der Waals surface area contributed by atoms with Crippen LogP contribution < -0.4 is 5.48 Å². The van der Waals surface area contributed by atoms with Crippen molar-refractivity contribution in [1.82, 2.24) is 5.48 Å². The lowest BCUT2D eigenvalue weighted by molar-refractivity contribution is -0.132. The third-order valence-electron chi connectivity index (χ3n) is 6.25. The summed E-state index contributed by atoms with van der Waals surface area (Å²) in [6, 6.07) is 9.15. The van der Waals surface area contributed by atoms with Crippen LogP contribution in [0, 0.1) is 5.41 Å². The van der Waals surface area contributed by atoms with E-state index in [2.05, 4.69) is 5.16 Å². The Morgan fingerprint density at radius 1 is 1.38 bits per heavy atom. The number of allylic oxidation sites excluding steroid dienone is 4. The normalized spacial score (nSPS) is 27.2. The standard InChI is InChI=1S/C22H27FN2O6S/c1-21(20(27)24-28,32(2,29)30)13-16-12-19(25-31-16)22(10-11-26)9-8-17(18(23)14-22)15-6-4-3-5-7-15/h3-9,14,16-17,26,28H,10-13H2,1-2H3,(H,24,27)/t16-,17?,21-,22?/m1/s1. The van der Waals surface area contributed by atoms with Gasteiger partial charge >= 0.3 is 0 Å². The molecule has 0 saturated carbocycles. The molecule has 174 valence electrons. The Bertz CT molecular complexity index is 1060. The molecule has 1 aromatic rings. The minimum atomic E-state index is -3.91. The number of rotatable bonds is 8. The van der Waals surface area contributed by atoms with Gasteiger partial charge in [0.25, 0.3) is 5.91 Å². The first-order valence-electron chi connectivity index (χ1n) is 10.2. The molecular weight excluding hydrogens is 439 g/mol. The fraction of sp³-hybridized carbons (Fsp3) is 0.455. The summed E-state index contributed by atoms with van der Waals surface area (Å²) in [6.07, 6.45) is 5.07. The van der Waals surface area contributed by atoms with Crippen molar-refractivity contribution in [2.75, 3.05) is 12.9 Å². The van der Waals surface area contributed by atoms with Crippen molar-refractivity contribution in [1.29, 1.82) is 0 Å². The molecule has 0 spiro atoms. The second-order valence-corrected chi connectivity index (χ2v) is 10.9. The second kappa shape index (κ2) is 9.13. The number of aliphatic hydroxyl groups excluding tert-OH is 1. The number of hydroxylamine groups is 1. The van der Waals surface area contributed by atoms with Gasteiger partial charge in [-0.25, -0.2) is 18.3 Å². The van der Waals surface area contributed by atoms with Gasteiger partial charge in [0.15, 0.2) is 14.6 Å². The van der Waals surface area contributed by atoms with E-state index in [-0.39, 0.29) is 31.7 Å². The highest BCUT2D eigenvalue weighted by molar-refractivity contribution is 7.92. The third kappa shape index (κ3) is 4.48. The minimum absolute atomic E-state index is 0.133. The number of carbonyl (C=O) groups is 1. The smallest absolute Gasteiger partial charge is 0.264 e. The van der Waals surface area contributed by atoms with E-state index in [4.69, 9.17) is 10.0 Å². The van der Waals surface area contributed by atoms with E-state index in [1.807, 2.05) is 30.3 Å². The van der Waals surface area contributed by atoms with Crippen molar-refractivity contribution < 1.29 is 32.8 Å². The SMILES string of the molecule is C[C@@](C[C@H]1CC(C2(CCO)C=CC(c3ccccc3)C(F)=C2)=NO1)(C(=O)NO)S(C)(=O)=O. The zero-order valence-electron chi connectivity index (χ0n) is 17.9. The molecule has 8 nitrogen and oxygen atoms in total. The maximum absolute atomic E-state index is 15.2. The van der Waals surface area contributed by atoms with Gasteiger partial charge in [-0.05, 0) is 25.0 Å². The lowest BCUT2D eigenvalue weighted by Gasteiger charge is -2.31. The largest absolute Gasteiger partial charge is 0.396 e. The van der Waals surface area contributed by atoms with Crippen LogP contribution in [0.2, 0.25) is 0 Å². The summed E-state index contributed by atoms with van der Waals surface area (Å²) in [7, 11) is -3.91. The zero-order valence-corrected chi connectivity index (χ0v) is 18.7. The molecule has 0 aromatic heterocycles. The van der Waals surface area contributed by atoms with Crippen molar-refractivity contribution in [3.63, 3.8) is 0 Å². The van der Waals surface area contributed by atoms with Gasteiger partial charge in [0.05, 0.1) is 17.0 Å². The number of hydrogen-bond donors (Lipinski definition) is 3. The average Bonchev–Trinajstić information content (AvgIpc) is 3.22. The molecule has 1 heterocycles. The third-order valence-corrected chi connectivity index (χ3v) is 8.24. The lowest BCUT2D eigenvalue weighted by atomic mass is 9.72. The van der Waals surface area contributed by atoms with Crippen LogP contribution in [0.25, 0.3) is 0 Å². The molecule has 32 heavy (non-hydrogen) atoms. The van der Waals surface area contributed by atoms with E-state index in [0.29, 0.717) is 5.71 Å². The molecule has 3 rings (SSSR count). The van der Waals surface area contributed by atoms with Crippen molar-refractivity contribution in [3.05, 3.63) is 60.0 Å². The Kier molecular flexibility index (Phi) is 6.87. The number of nitrogens with zero attached hydrogens (tertiary/aromatic N) is 1. The molecular formula is C22H27FN2O6S. The van der Waals surface area contributed by atoms with Crippen LogP contribution in [-0.4, -0.2) is 54.1 Å². The minimum Gasteiger partial charge on any atom is -0.396 e. The Hall–Kier alpha value is -2.56. The zero-order chi connectivity index (χ0) is 23.6. The highest BCUT2D eigenvalue weighted by Crippen LogP contribution is 2.43. The van der Waals surface area contributed by atoms with Gasteiger partial charge in [-0.2, -0.15) is 0 Å². The molecule has 1 amide bonds. The van der Waals surface area contributed by atoms with Crippen LogP contribution in [0.3, 0.4) is 0 Å². The summed E-state index contributed by atoms with van der Waals surface area (Å²) in [5, 5.41) is 22.7. The van der Waals surface area contributed by atoms with Crippen molar-refractivity contribution in [3.8, 4) is 0 Å². The Labute approximate surface area is 186 Å². The summed E-state index contributed by atoms with van der Waals surface area (Å²) < 4.78 is 37.7. The van der Waals surface area contributed by atoms with E-state index >= 15 is 4.39 Å². The summed E-state index contributed by atoms with van der Waals surface area (Å²) in [5.41, 5.74) is 1.59. The predicted octanol–water partition coefficient (Wildman–Crippen LogP) is 2.41. The van der Waals surface area contributed by atoms with E-state index in [1.54, 1.807) is 12.2 Å². The Morgan fingerprint density at radius 3 is 2.62 bits per heavy atom. The van der Waals surface area contributed by atoms with Gasteiger partial charge in [0.2, 0.25) is 0 Å². The number of halogens is 1. The van der Waals surface area contributed by atoms with Gasteiger partial charge in [-0.15, -0.1) is 0 Å². The fourth-order valence-electron chi connectivity index (χ4n) is 4.12. The van der Waals surface area contributed by atoms with Crippen molar-refractivity contribution >= 4 is 21.5 Å². The number of amides is 1. The van der Waals surface area contributed by atoms with Crippen LogP contribution in [-0.2, 0) is 19.5 Å². The predicted molar refractivity (Wildman–Crippen MR) is 116 cm³/mol. The molecule has 2 aliphatic rings. The number of benzene rings is 1. The monoisotopic (exact) mass is 466 g/mol. The number of hydrogen-bond acceptors (Lipinski definition) is 7. The number of nitrogens with one attached hydrogen (secondary N) is 1. The molecule has 1 aliphatic heterocycles. The van der Waals surface area contributed by atoms with E-state index < -0.39 is 37.9 Å². The number of sulfone groups is 1. The first-order chi connectivity index (χ1) is 15.1. The quantitative estimate of drug-likeness (QED) is 0.307. The first kappa shape index (κ1) is 24.1. The lowest BCUT2D eigenvalue weighted by Crippen LogP contribution is -2.51. The number of oxime groups is 1. The Morgan fingerprint density at radius 2 is 2.06 bits per heavy atom. The number of aliphatic hydroxyl groups is 1. The van der Waals surface area contributed by atoms with E-state index in [9.17, 15) is 18.3 Å². The molecule has 2 unspecified atom stereocenters. The van der Waals surface area contributed by atoms with E-state index in [0.717, 1.165) is 11.8 Å². The summed E-state index contributed by atoms with van der Waals surface area (Å²) in [4.78, 5) is 17.5. The van der Waals surface area contributed by atoms with Crippen LogP contribution >= 0.6 is 0 Å². The van der Waals surface area contributed by atoms with Gasteiger partial charge in [-0.1, -0.05) is 47.6 Å². The maximum Gasteiger partial charge on any atom is 0.264 e. The molecule has 0 radical (unpaired) electrons. The van der Waals surface area contributed by atoms with Gasteiger partial charge in [0, 0.05) is 25.7 Å². The van der Waals surface area contributed by atoms with Crippen LogP contribution in [0.5, 0.6) is 0 Å². The summed E-state index contributed by atoms with van der Waals surface area (Å²) in [6.45, 7) is 0.963. The molecule has 3 N–H and O–H groups in total. The first-order valence-corrected chi connectivity index (χ1v) is 12.1. The fourth-order valence-corrected chi connectivity index (χ4v) is 4.99. The number of carbonyl (C=O) groups excluding carboxylic acids is 1. The topological polar surface area (TPSA) is 125 Å². The molecule has 0 saturated heterocycles. The highest BCUT2D eigenvalue weighted by Gasteiger charge is 2.48. The summed E-state index contributed by atoms with van der Waals surface area (Å²) >= 11 is 0. The van der Waals surface area contributed by atoms with Crippen molar-refractivity contribution in [2.24, 2.45) is 10.6 Å². The van der Waals surface area contributed by atoms with Gasteiger partial charge < -0.3 is 9.94 Å². The Balaban J connectivity index is 1.83.